The molecule has 0 aromatic heterocycles. The van der Waals surface area contributed by atoms with Gasteiger partial charge < -0.3 is 9.31 Å². The quantitative estimate of drug-likeness (QED) is 0.591. The Labute approximate surface area is 85.5 Å². The Morgan fingerprint density at radius 2 is 2.07 bits per heavy atom. The number of rotatable bonds is 1. The van der Waals surface area contributed by atoms with E-state index >= 15 is 0 Å². The van der Waals surface area contributed by atoms with E-state index in [0.717, 1.165) is 24.1 Å². The maximum Gasteiger partial charge on any atom is 0.457 e. The van der Waals surface area contributed by atoms with Crippen LogP contribution in [-0.2, 0) is 9.31 Å². The molecule has 0 aromatic carbocycles. The number of fused-ring (bicyclic) bond motifs is 4. The molecule has 4 aliphatic rings. The van der Waals surface area contributed by atoms with Crippen LogP contribution >= 0.6 is 0 Å². The van der Waals surface area contributed by atoms with Gasteiger partial charge in [0.25, 0.3) is 0 Å². The van der Waals surface area contributed by atoms with E-state index in [1.165, 1.54) is 6.42 Å². The van der Waals surface area contributed by atoms with Crippen LogP contribution < -0.4 is 0 Å². The smallest absolute Gasteiger partial charge is 0.405 e. The molecule has 76 valence electrons. The van der Waals surface area contributed by atoms with Crippen LogP contribution in [0.1, 0.15) is 27.2 Å². The van der Waals surface area contributed by atoms with Gasteiger partial charge in [0.05, 0.1) is 11.7 Å². The zero-order valence-corrected chi connectivity index (χ0v) is 9.12. The van der Waals surface area contributed by atoms with Crippen LogP contribution in [0.5, 0.6) is 0 Å². The predicted octanol–water partition coefficient (Wildman–Crippen LogP) is 1.95. The molecule has 1 aliphatic heterocycles. The maximum atomic E-state index is 6.04. The second kappa shape index (κ2) is 1.94. The van der Waals surface area contributed by atoms with E-state index in [1.807, 2.05) is 0 Å². The van der Waals surface area contributed by atoms with E-state index in [2.05, 4.69) is 20.8 Å². The van der Waals surface area contributed by atoms with E-state index in [9.17, 15) is 0 Å². The zero-order valence-electron chi connectivity index (χ0n) is 9.12. The first-order chi connectivity index (χ1) is 6.61. The van der Waals surface area contributed by atoms with E-state index in [-0.39, 0.29) is 12.7 Å². The molecule has 1 saturated heterocycles. The van der Waals surface area contributed by atoms with Crippen molar-refractivity contribution < 1.29 is 9.31 Å². The molecule has 2 nitrogen and oxygen atoms in total. The molecule has 3 heteroatoms. The van der Waals surface area contributed by atoms with Crippen molar-refractivity contribution in [1.29, 1.82) is 0 Å². The fraction of sp³-hybridized carbons (Fsp3) is 1.00. The molecule has 3 aliphatic carbocycles. The molecule has 4 fully saturated rings. The normalized spacial score (nSPS) is 67.5. The highest BCUT2D eigenvalue weighted by Crippen LogP contribution is 2.90. The van der Waals surface area contributed by atoms with Gasteiger partial charge >= 0.3 is 7.12 Å². The number of hydrogen-bond donors (Lipinski definition) is 0. The van der Waals surface area contributed by atoms with Gasteiger partial charge in [0.15, 0.2) is 0 Å². The lowest BCUT2D eigenvalue weighted by molar-refractivity contribution is -0.0389. The number of hydrogen-bond acceptors (Lipinski definition) is 2. The van der Waals surface area contributed by atoms with Gasteiger partial charge in [-0.25, -0.2) is 0 Å². The molecular formula is C11H17BO2. The first-order valence-corrected chi connectivity index (χ1v) is 5.94. The van der Waals surface area contributed by atoms with E-state index in [1.54, 1.807) is 0 Å². The summed E-state index contributed by atoms with van der Waals surface area (Å²) in [6.45, 7) is 6.84. The largest absolute Gasteiger partial charge is 0.457 e. The Kier molecular flexibility index (Phi) is 1.13. The highest BCUT2D eigenvalue weighted by molar-refractivity contribution is 6.45. The van der Waals surface area contributed by atoms with Crippen molar-refractivity contribution in [2.45, 2.75) is 45.2 Å². The summed E-state index contributed by atoms with van der Waals surface area (Å²) in [5.41, 5.74) is 0.735. The van der Waals surface area contributed by atoms with Crippen molar-refractivity contribution in [2.24, 2.45) is 23.2 Å². The average Bonchev–Trinajstić information content (AvgIpc) is 2.88. The molecule has 6 atom stereocenters. The first-order valence-electron chi connectivity index (χ1n) is 5.94. The third-order valence-electron chi connectivity index (χ3n) is 5.42. The summed E-state index contributed by atoms with van der Waals surface area (Å²) in [5.74, 6) is 2.80. The third-order valence-corrected chi connectivity index (χ3v) is 5.42. The Bertz CT molecular complexity index is 320. The Morgan fingerprint density at radius 3 is 2.71 bits per heavy atom. The van der Waals surface area contributed by atoms with Crippen LogP contribution in [-0.4, -0.2) is 18.8 Å². The highest BCUT2D eigenvalue weighted by Gasteiger charge is 2.90. The molecular weight excluding hydrogens is 175 g/mol. The van der Waals surface area contributed by atoms with Gasteiger partial charge in [-0.05, 0) is 42.8 Å². The summed E-state index contributed by atoms with van der Waals surface area (Å²) in [4.78, 5) is 0. The average molecular weight is 192 g/mol. The van der Waals surface area contributed by atoms with E-state index < -0.39 is 0 Å². The second-order valence-corrected chi connectivity index (χ2v) is 6.05. The summed E-state index contributed by atoms with van der Waals surface area (Å²) >= 11 is 0. The van der Waals surface area contributed by atoms with Crippen molar-refractivity contribution in [3.8, 4) is 0 Å². The maximum absolute atomic E-state index is 6.04. The minimum absolute atomic E-state index is 0.0581. The molecule has 0 amide bonds. The van der Waals surface area contributed by atoms with Crippen LogP contribution in [0, 0.1) is 23.2 Å². The highest BCUT2D eigenvalue weighted by atomic mass is 16.7. The van der Waals surface area contributed by atoms with Crippen molar-refractivity contribution in [3.63, 3.8) is 0 Å². The first kappa shape index (κ1) is 8.17. The Balaban J connectivity index is 1.66. The van der Waals surface area contributed by atoms with E-state index in [0.29, 0.717) is 11.5 Å². The van der Waals surface area contributed by atoms with Crippen LogP contribution in [0.15, 0.2) is 0 Å². The summed E-state index contributed by atoms with van der Waals surface area (Å²) < 4.78 is 12.1. The minimum atomic E-state index is 0.0581. The topological polar surface area (TPSA) is 18.5 Å². The fourth-order valence-electron chi connectivity index (χ4n) is 4.45. The van der Waals surface area contributed by atoms with E-state index in [4.69, 9.17) is 9.31 Å². The lowest BCUT2D eigenvalue weighted by Crippen LogP contribution is -2.48. The zero-order chi connectivity index (χ0) is 9.72. The van der Waals surface area contributed by atoms with Crippen LogP contribution in [0.3, 0.4) is 0 Å². The minimum Gasteiger partial charge on any atom is -0.405 e. The molecule has 0 bridgehead atoms. The monoisotopic (exact) mass is 192 g/mol. The van der Waals surface area contributed by atoms with Crippen molar-refractivity contribution >= 4 is 7.12 Å². The second-order valence-electron chi connectivity index (χ2n) is 6.05. The van der Waals surface area contributed by atoms with Crippen LogP contribution in [0.2, 0.25) is 6.32 Å². The summed E-state index contributed by atoms with van der Waals surface area (Å²) in [7, 11) is 0.0762. The fourth-order valence-corrected chi connectivity index (χ4v) is 4.45. The Hall–Kier alpha value is -0.0151. The molecule has 4 rings (SSSR count). The Morgan fingerprint density at radius 1 is 1.36 bits per heavy atom. The third kappa shape index (κ3) is 0.628. The summed E-state index contributed by atoms with van der Waals surface area (Å²) in [6.07, 6.45) is 2.64. The molecule has 0 radical (unpaired) electrons. The summed E-state index contributed by atoms with van der Waals surface area (Å²) in [6, 6.07) is 0. The lowest BCUT2D eigenvalue weighted by atomic mass is 9.72. The molecule has 1 heterocycles. The SMILES string of the molecule is CCB1O[C@H]2C3C4[C@H](C[C@@]2(C)O1)C43C. The van der Waals surface area contributed by atoms with Crippen molar-refractivity contribution in [1.82, 2.24) is 0 Å². The van der Waals surface area contributed by atoms with Gasteiger partial charge in [-0.15, -0.1) is 0 Å². The van der Waals surface area contributed by atoms with Gasteiger partial charge in [0.1, 0.15) is 0 Å². The van der Waals surface area contributed by atoms with Gasteiger partial charge in [-0.1, -0.05) is 13.8 Å². The molecule has 0 aromatic rings. The lowest BCUT2D eigenvalue weighted by Gasteiger charge is -2.41. The van der Waals surface area contributed by atoms with Gasteiger partial charge in [-0.3, -0.25) is 0 Å². The molecule has 3 unspecified atom stereocenters. The molecule has 3 saturated carbocycles. The van der Waals surface area contributed by atoms with Crippen molar-refractivity contribution in [2.75, 3.05) is 0 Å². The van der Waals surface area contributed by atoms with Crippen LogP contribution in [0.4, 0.5) is 0 Å². The standard InChI is InChI=1S/C11H17BO2/c1-4-12-13-9-8-7-6(11(7,8)3)5-10(9,2)14-12/h6-9H,4-5H2,1-3H3/t6-,7?,8?,9-,10+,11?/m0/s1. The molecule has 0 spiro atoms. The van der Waals surface area contributed by atoms with Crippen LogP contribution in [0.25, 0.3) is 0 Å². The van der Waals surface area contributed by atoms with Gasteiger partial charge in [-0.2, -0.15) is 0 Å². The molecule has 14 heavy (non-hydrogen) atoms. The summed E-state index contributed by atoms with van der Waals surface area (Å²) in [5, 5.41) is 0. The van der Waals surface area contributed by atoms with Crippen molar-refractivity contribution in [3.05, 3.63) is 0 Å². The predicted molar refractivity (Wildman–Crippen MR) is 53.8 cm³/mol. The molecule has 0 N–H and O–H groups in total. The van der Waals surface area contributed by atoms with Gasteiger partial charge in [0, 0.05) is 0 Å². The van der Waals surface area contributed by atoms with Gasteiger partial charge in [0.2, 0.25) is 0 Å².